The van der Waals surface area contributed by atoms with Crippen molar-refractivity contribution in [2.75, 3.05) is 7.11 Å². The van der Waals surface area contributed by atoms with E-state index in [2.05, 4.69) is 5.32 Å². The van der Waals surface area contributed by atoms with E-state index < -0.39 is 10.8 Å². The normalized spacial score (nSPS) is 21.6. The number of carbonyl (C=O) groups is 1. The lowest BCUT2D eigenvalue weighted by molar-refractivity contribution is -0.385. The van der Waals surface area contributed by atoms with Gasteiger partial charge in [0.2, 0.25) is 0 Å². The fourth-order valence-electron chi connectivity index (χ4n) is 2.41. The van der Waals surface area contributed by atoms with Gasteiger partial charge in [0.05, 0.1) is 11.0 Å². The maximum absolute atomic E-state index is 12.1. The second-order valence-corrected chi connectivity index (χ2v) is 4.80. The van der Waals surface area contributed by atoms with E-state index in [0.717, 1.165) is 25.0 Å². The number of phenols is 1. The number of aromatic hydroxyl groups is 1. The molecule has 7 nitrogen and oxygen atoms in total. The predicted molar refractivity (Wildman–Crippen MR) is 70.7 cm³/mol. The summed E-state index contributed by atoms with van der Waals surface area (Å²) in [5.74, 6) is -0.726. The number of ether oxygens (including phenoxy) is 1. The lowest BCUT2D eigenvalue weighted by Crippen LogP contribution is -2.33. The number of nitro benzene ring substituents is 1. The average Bonchev–Trinajstić information content (AvgIpc) is 2.85. The molecule has 2 atom stereocenters. The fraction of sp³-hybridized carbons (Fsp3) is 0.462. The monoisotopic (exact) mass is 280 g/mol. The first-order valence-corrected chi connectivity index (χ1v) is 6.32. The minimum Gasteiger partial charge on any atom is -0.508 e. The molecule has 0 heterocycles. The number of rotatable bonds is 4. The summed E-state index contributed by atoms with van der Waals surface area (Å²) in [6.07, 6.45) is 2.43. The summed E-state index contributed by atoms with van der Waals surface area (Å²) in [6, 6.07) is 3.35. The largest absolute Gasteiger partial charge is 0.508 e. The van der Waals surface area contributed by atoms with Gasteiger partial charge in [0.1, 0.15) is 11.3 Å². The highest BCUT2D eigenvalue weighted by Crippen LogP contribution is 2.25. The lowest BCUT2D eigenvalue weighted by atomic mass is 10.1. The van der Waals surface area contributed by atoms with Crippen LogP contribution in [0.4, 0.5) is 5.69 Å². The van der Waals surface area contributed by atoms with Crippen molar-refractivity contribution in [3.63, 3.8) is 0 Å². The number of nitrogens with one attached hydrogen (secondary N) is 1. The first kappa shape index (κ1) is 14.3. The summed E-state index contributed by atoms with van der Waals surface area (Å²) < 4.78 is 5.21. The second-order valence-electron chi connectivity index (χ2n) is 4.80. The van der Waals surface area contributed by atoms with Crippen LogP contribution in [-0.2, 0) is 4.74 Å². The minimum atomic E-state index is -0.638. The zero-order valence-corrected chi connectivity index (χ0v) is 11.0. The Balaban J connectivity index is 2.13. The van der Waals surface area contributed by atoms with Gasteiger partial charge < -0.3 is 15.2 Å². The second kappa shape index (κ2) is 5.87. The highest BCUT2D eigenvalue weighted by molar-refractivity contribution is 5.98. The molecule has 0 saturated heterocycles. The maximum atomic E-state index is 12.1. The molecular weight excluding hydrogens is 264 g/mol. The van der Waals surface area contributed by atoms with Gasteiger partial charge in [-0.25, -0.2) is 0 Å². The lowest BCUT2D eigenvalue weighted by Gasteiger charge is -2.13. The number of carbonyl (C=O) groups excluding carboxylic acids is 1. The third kappa shape index (κ3) is 3.05. The average molecular weight is 280 g/mol. The minimum absolute atomic E-state index is 0.0607. The Bertz CT molecular complexity index is 531. The number of benzene rings is 1. The van der Waals surface area contributed by atoms with Crippen molar-refractivity contribution in [3.8, 4) is 5.75 Å². The number of nitro groups is 1. The third-order valence-electron chi connectivity index (χ3n) is 3.47. The SMILES string of the molecule is COC1CCC(NC(=O)c2cc(O)ccc2[N+](=O)[O-])C1. The Labute approximate surface area is 115 Å². The zero-order valence-electron chi connectivity index (χ0n) is 11.0. The van der Waals surface area contributed by atoms with Crippen LogP contribution in [0.3, 0.4) is 0 Å². The van der Waals surface area contributed by atoms with Crippen molar-refractivity contribution in [1.29, 1.82) is 0 Å². The number of methoxy groups -OCH3 is 1. The van der Waals surface area contributed by atoms with E-state index in [9.17, 15) is 20.0 Å². The highest BCUT2D eigenvalue weighted by Gasteiger charge is 2.28. The van der Waals surface area contributed by atoms with Crippen LogP contribution in [0.2, 0.25) is 0 Å². The molecule has 7 heteroatoms. The standard InChI is InChI=1S/C13H16N2O5/c1-20-10-4-2-8(6-10)14-13(17)11-7-9(16)3-5-12(11)15(18)19/h3,5,7-8,10,16H,2,4,6H2,1H3,(H,14,17). The van der Waals surface area contributed by atoms with Crippen LogP contribution in [0.5, 0.6) is 5.75 Å². The quantitative estimate of drug-likeness (QED) is 0.644. The molecule has 108 valence electrons. The van der Waals surface area contributed by atoms with E-state index >= 15 is 0 Å². The van der Waals surface area contributed by atoms with Gasteiger partial charge in [0, 0.05) is 19.2 Å². The highest BCUT2D eigenvalue weighted by atomic mass is 16.6. The van der Waals surface area contributed by atoms with Crippen molar-refractivity contribution in [3.05, 3.63) is 33.9 Å². The van der Waals surface area contributed by atoms with Crippen molar-refractivity contribution >= 4 is 11.6 Å². The molecule has 20 heavy (non-hydrogen) atoms. The van der Waals surface area contributed by atoms with Crippen LogP contribution >= 0.6 is 0 Å². The van der Waals surface area contributed by atoms with Gasteiger partial charge >= 0.3 is 0 Å². The number of hydrogen-bond acceptors (Lipinski definition) is 5. The zero-order chi connectivity index (χ0) is 14.7. The van der Waals surface area contributed by atoms with E-state index in [-0.39, 0.29) is 29.1 Å². The molecule has 0 aromatic heterocycles. The molecule has 1 saturated carbocycles. The Morgan fingerprint density at radius 1 is 1.50 bits per heavy atom. The van der Waals surface area contributed by atoms with Crippen molar-refractivity contribution in [2.24, 2.45) is 0 Å². The Morgan fingerprint density at radius 2 is 2.25 bits per heavy atom. The first-order valence-electron chi connectivity index (χ1n) is 6.32. The van der Waals surface area contributed by atoms with E-state index in [1.165, 1.54) is 6.07 Å². The molecule has 1 aliphatic carbocycles. The van der Waals surface area contributed by atoms with E-state index in [0.29, 0.717) is 6.42 Å². The molecule has 2 unspecified atom stereocenters. The van der Waals surface area contributed by atoms with E-state index in [1.54, 1.807) is 7.11 Å². The maximum Gasteiger partial charge on any atom is 0.282 e. The van der Waals surface area contributed by atoms with Crippen molar-refractivity contribution < 1.29 is 19.6 Å². The van der Waals surface area contributed by atoms with Crippen LogP contribution in [0.15, 0.2) is 18.2 Å². The molecule has 1 amide bonds. The van der Waals surface area contributed by atoms with Crippen LogP contribution < -0.4 is 5.32 Å². The van der Waals surface area contributed by atoms with Gasteiger partial charge in [-0.1, -0.05) is 0 Å². The molecular formula is C13H16N2O5. The number of nitrogens with zero attached hydrogens (tertiary/aromatic N) is 1. The van der Waals surface area contributed by atoms with Gasteiger partial charge in [-0.3, -0.25) is 14.9 Å². The Hall–Kier alpha value is -2.15. The molecule has 1 aromatic carbocycles. The Morgan fingerprint density at radius 3 is 2.85 bits per heavy atom. The summed E-state index contributed by atoms with van der Waals surface area (Å²) in [5, 5.41) is 23.0. The molecule has 2 rings (SSSR count). The molecule has 0 spiro atoms. The van der Waals surface area contributed by atoms with E-state index in [1.807, 2.05) is 0 Å². The van der Waals surface area contributed by atoms with Gasteiger partial charge in [-0.2, -0.15) is 0 Å². The molecule has 2 N–H and O–H groups in total. The van der Waals surface area contributed by atoms with Crippen molar-refractivity contribution in [2.45, 2.75) is 31.4 Å². The molecule has 1 aromatic rings. The van der Waals surface area contributed by atoms with Crippen LogP contribution in [0.25, 0.3) is 0 Å². The van der Waals surface area contributed by atoms with Gasteiger partial charge in [0.15, 0.2) is 0 Å². The van der Waals surface area contributed by atoms with Crippen molar-refractivity contribution in [1.82, 2.24) is 5.32 Å². The third-order valence-corrected chi connectivity index (χ3v) is 3.47. The molecule has 1 fully saturated rings. The van der Waals surface area contributed by atoms with Crippen LogP contribution in [0, 0.1) is 10.1 Å². The summed E-state index contributed by atoms with van der Waals surface area (Å²) in [6.45, 7) is 0. The van der Waals surface area contributed by atoms with Gasteiger partial charge in [-0.15, -0.1) is 0 Å². The van der Waals surface area contributed by atoms with Crippen LogP contribution in [-0.4, -0.2) is 35.2 Å². The smallest absolute Gasteiger partial charge is 0.282 e. The number of amides is 1. The molecule has 0 bridgehead atoms. The van der Waals surface area contributed by atoms with E-state index in [4.69, 9.17) is 4.74 Å². The molecule has 0 aliphatic heterocycles. The Kier molecular flexibility index (Phi) is 4.19. The summed E-state index contributed by atoms with van der Waals surface area (Å²) in [5.41, 5.74) is -0.447. The summed E-state index contributed by atoms with van der Waals surface area (Å²) in [4.78, 5) is 22.4. The summed E-state index contributed by atoms with van der Waals surface area (Å²) >= 11 is 0. The fourth-order valence-corrected chi connectivity index (χ4v) is 2.41. The van der Waals surface area contributed by atoms with Gasteiger partial charge in [-0.05, 0) is 31.4 Å². The molecule has 1 aliphatic rings. The number of hydrogen-bond donors (Lipinski definition) is 2. The van der Waals surface area contributed by atoms with Gasteiger partial charge in [0.25, 0.3) is 11.6 Å². The number of phenolic OH excluding ortho intramolecular Hbond substituents is 1. The predicted octanol–water partition coefficient (Wildman–Crippen LogP) is 1.60. The first-order chi connectivity index (χ1) is 9.51. The summed E-state index contributed by atoms with van der Waals surface area (Å²) in [7, 11) is 1.62. The molecule has 0 radical (unpaired) electrons. The van der Waals surface area contributed by atoms with Crippen LogP contribution in [0.1, 0.15) is 29.6 Å². The topological polar surface area (TPSA) is 102 Å².